The number of halogens is 3. The molecular weight excluding hydrogens is 535 g/mol. The smallest absolute Gasteiger partial charge is 0.381 e. The number of nitrogens with zero attached hydrogens (tertiary/aromatic N) is 7. The van der Waals surface area contributed by atoms with Crippen LogP contribution in [-0.4, -0.2) is 69.8 Å². The van der Waals surface area contributed by atoms with Crippen molar-refractivity contribution >= 4 is 23.1 Å². The Morgan fingerprint density at radius 1 is 1.15 bits per heavy atom. The summed E-state index contributed by atoms with van der Waals surface area (Å²) in [5.74, 6) is 0.705. The fourth-order valence-corrected chi connectivity index (χ4v) is 6.35. The maximum atomic E-state index is 14.6. The first-order chi connectivity index (χ1) is 19.6. The van der Waals surface area contributed by atoms with Gasteiger partial charge in [-0.2, -0.15) is 23.4 Å². The average Bonchev–Trinajstić information content (AvgIpc) is 3.57. The number of ether oxygens (including phenoxy) is 1. The van der Waals surface area contributed by atoms with Crippen LogP contribution in [-0.2, 0) is 35.7 Å². The number of rotatable bonds is 4. The Balaban J connectivity index is 1.53. The molecule has 0 radical (unpaired) electrons. The van der Waals surface area contributed by atoms with Gasteiger partial charge >= 0.3 is 6.18 Å². The normalized spacial score (nSPS) is 19.9. The Bertz CT molecular complexity index is 1460. The molecule has 0 aliphatic carbocycles. The van der Waals surface area contributed by atoms with E-state index in [9.17, 15) is 18.0 Å². The number of hydrogen-bond acceptors (Lipinski definition) is 6. The first-order valence-electron chi connectivity index (χ1n) is 14.3. The summed E-state index contributed by atoms with van der Waals surface area (Å²) in [6.45, 7) is 6.68. The molecule has 5 heterocycles. The van der Waals surface area contributed by atoms with Gasteiger partial charge in [0.25, 0.3) is 0 Å². The van der Waals surface area contributed by atoms with E-state index in [0.29, 0.717) is 68.4 Å². The third-order valence-corrected chi connectivity index (χ3v) is 8.73. The van der Waals surface area contributed by atoms with Crippen molar-refractivity contribution < 1.29 is 22.7 Å². The number of carbonyl (C=O) groups is 1. The van der Waals surface area contributed by atoms with E-state index < -0.39 is 11.7 Å². The van der Waals surface area contributed by atoms with Gasteiger partial charge in [-0.1, -0.05) is 6.92 Å². The third-order valence-electron chi connectivity index (χ3n) is 8.73. The number of anilines is 3. The molecule has 0 unspecified atom stereocenters. The van der Waals surface area contributed by atoms with Crippen LogP contribution in [0.4, 0.5) is 30.4 Å². The lowest BCUT2D eigenvalue weighted by Gasteiger charge is -2.42. The molecule has 6 rings (SSSR count). The number of carbonyl (C=O) groups excluding carboxylic acids is 1. The minimum atomic E-state index is -4.57. The van der Waals surface area contributed by atoms with Gasteiger partial charge in [-0.25, -0.2) is 0 Å². The van der Waals surface area contributed by atoms with Crippen LogP contribution in [0, 0.1) is 0 Å². The molecule has 1 aromatic carbocycles. The molecule has 9 nitrogen and oxygen atoms in total. The highest BCUT2D eigenvalue weighted by Crippen LogP contribution is 2.48. The number of hydrogen-bond donors (Lipinski definition) is 0. The van der Waals surface area contributed by atoms with Gasteiger partial charge in [0.2, 0.25) is 5.91 Å². The Hall–Kier alpha value is -3.54. The van der Waals surface area contributed by atoms with Crippen LogP contribution in [0.2, 0.25) is 0 Å². The molecule has 3 aliphatic rings. The summed E-state index contributed by atoms with van der Waals surface area (Å²) in [6, 6.07) is 3.05. The second-order valence-electron chi connectivity index (χ2n) is 11.3. The van der Waals surface area contributed by atoms with Crippen molar-refractivity contribution in [3.8, 4) is 11.1 Å². The highest BCUT2D eigenvalue weighted by molar-refractivity contribution is 5.86. The number of aromatic nitrogens is 4. The summed E-state index contributed by atoms with van der Waals surface area (Å²) in [6.07, 6.45) is 1.22. The van der Waals surface area contributed by atoms with Gasteiger partial charge in [0.15, 0.2) is 5.82 Å². The fourth-order valence-electron chi connectivity index (χ4n) is 6.35. The molecule has 1 amide bonds. The van der Waals surface area contributed by atoms with Crippen molar-refractivity contribution in [1.82, 2.24) is 24.5 Å². The zero-order valence-electron chi connectivity index (χ0n) is 23.9. The second-order valence-corrected chi connectivity index (χ2v) is 11.3. The SMILES string of the molecule is CCC(=O)N1CCc2c(c(N3C[C@@H](C)N(C)c4cc(-c5cnn(C)c5)c(C(F)(F)F)cc43)nn2C2CCOCC2)C1. The molecule has 220 valence electrons. The summed E-state index contributed by atoms with van der Waals surface area (Å²) in [4.78, 5) is 18.5. The van der Waals surface area contributed by atoms with Gasteiger partial charge in [0, 0.05) is 82.3 Å². The number of aryl methyl sites for hydroxylation is 1. The number of amides is 1. The average molecular weight is 572 g/mol. The second kappa shape index (κ2) is 10.4. The van der Waals surface area contributed by atoms with Crippen LogP contribution in [0.15, 0.2) is 24.5 Å². The molecular formula is C29H36F3N7O2. The van der Waals surface area contributed by atoms with Crippen molar-refractivity contribution in [2.75, 3.05) is 43.2 Å². The van der Waals surface area contributed by atoms with Gasteiger partial charge in [-0.15, -0.1) is 0 Å². The number of alkyl halides is 3. The first kappa shape index (κ1) is 27.6. The van der Waals surface area contributed by atoms with E-state index in [0.717, 1.165) is 24.1 Å². The van der Waals surface area contributed by atoms with Gasteiger partial charge in [0.1, 0.15) is 0 Å². The number of likely N-dealkylation sites (N-methyl/N-ethyl adjacent to an activating group) is 1. The standard InChI is InChI=1S/C29H36F3N7O2/c1-5-27(40)37-9-6-24-22(17-37)28(34-39(24)20-7-10-41-11-8-20)38-15-18(2)36(4)25-12-21(19-14-33-35(3)16-19)23(13-26(25)38)29(30,31)32/h12-14,16,18,20H,5-11,15,17H2,1-4H3/t18-/m1/s1. The van der Waals surface area contributed by atoms with E-state index in [1.165, 1.54) is 16.9 Å². The van der Waals surface area contributed by atoms with Crippen LogP contribution < -0.4 is 9.80 Å². The molecule has 0 bridgehead atoms. The van der Waals surface area contributed by atoms with Crippen LogP contribution in [0.5, 0.6) is 0 Å². The Morgan fingerprint density at radius 3 is 2.56 bits per heavy atom. The summed E-state index contributed by atoms with van der Waals surface area (Å²) in [7, 11) is 3.61. The molecule has 1 atom stereocenters. The zero-order chi connectivity index (χ0) is 29.1. The molecule has 0 saturated carbocycles. The van der Waals surface area contributed by atoms with Crippen molar-refractivity contribution in [3.05, 3.63) is 41.3 Å². The summed E-state index contributed by atoms with van der Waals surface area (Å²) in [5, 5.41) is 9.25. The topological polar surface area (TPSA) is 71.7 Å². The predicted molar refractivity (Wildman–Crippen MR) is 149 cm³/mol. The van der Waals surface area contributed by atoms with Crippen LogP contribution in [0.1, 0.15) is 56.0 Å². The van der Waals surface area contributed by atoms with Crippen molar-refractivity contribution in [1.29, 1.82) is 0 Å². The molecule has 0 spiro atoms. The summed E-state index contributed by atoms with van der Waals surface area (Å²) in [5.41, 5.74) is 2.96. The molecule has 41 heavy (non-hydrogen) atoms. The fraction of sp³-hybridized carbons (Fsp3) is 0.552. The Morgan fingerprint density at radius 2 is 1.90 bits per heavy atom. The lowest BCUT2D eigenvalue weighted by atomic mass is 9.96. The quantitative estimate of drug-likeness (QED) is 0.443. The summed E-state index contributed by atoms with van der Waals surface area (Å²) < 4.78 is 52.9. The maximum absolute atomic E-state index is 14.6. The monoisotopic (exact) mass is 571 g/mol. The van der Waals surface area contributed by atoms with Crippen molar-refractivity contribution in [3.63, 3.8) is 0 Å². The molecule has 3 aromatic rings. The summed E-state index contributed by atoms with van der Waals surface area (Å²) >= 11 is 0. The Kier molecular flexibility index (Phi) is 6.99. The molecule has 1 saturated heterocycles. The van der Waals surface area contributed by atoms with Gasteiger partial charge in [-0.3, -0.25) is 14.2 Å². The molecule has 2 aromatic heterocycles. The first-order valence-corrected chi connectivity index (χ1v) is 14.3. The van der Waals surface area contributed by atoms with Crippen LogP contribution in [0.25, 0.3) is 11.1 Å². The third kappa shape index (κ3) is 4.85. The van der Waals surface area contributed by atoms with Crippen LogP contribution in [0.3, 0.4) is 0 Å². The minimum Gasteiger partial charge on any atom is -0.381 e. The Labute approximate surface area is 237 Å². The highest BCUT2D eigenvalue weighted by atomic mass is 19.4. The minimum absolute atomic E-state index is 0.00170. The molecule has 3 aliphatic heterocycles. The van der Waals surface area contributed by atoms with E-state index in [1.807, 2.05) is 28.7 Å². The van der Waals surface area contributed by atoms with Gasteiger partial charge in [0.05, 0.1) is 35.7 Å². The lowest BCUT2D eigenvalue weighted by molar-refractivity contribution is -0.137. The maximum Gasteiger partial charge on any atom is 0.417 e. The number of benzene rings is 1. The lowest BCUT2D eigenvalue weighted by Crippen LogP contribution is -2.44. The molecule has 1 fully saturated rings. The van der Waals surface area contributed by atoms with Gasteiger partial charge in [-0.05, 0) is 37.5 Å². The van der Waals surface area contributed by atoms with Crippen molar-refractivity contribution in [2.24, 2.45) is 7.05 Å². The van der Waals surface area contributed by atoms with E-state index in [2.05, 4.69) is 16.7 Å². The molecule has 12 heteroatoms. The largest absolute Gasteiger partial charge is 0.417 e. The zero-order valence-corrected chi connectivity index (χ0v) is 23.9. The van der Waals surface area contributed by atoms with E-state index in [4.69, 9.17) is 9.84 Å². The van der Waals surface area contributed by atoms with Gasteiger partial charge < -0.3 is 19.4 Å². The number of fused-ring (bicyclic) bond motifs is 2. The highest BCUT2D eigenvalue weighted by Gasteiger charge is 2.40. The predicted octanol–water partition coefficient (Wildman–Crippen LogP) is 4.93. The van der Waals surface area contributed by atoms with Crippen molar-refractivity contribution in [2.45, 2.75) is 64.3 Å². The van der Waals surface area contributed by atoms with E-state index in [-0.39, 0.29) is 23.6 Å². The van der Waals surface area contributed by atoms with Crippen LogP contribution >= 0.6 is 0 Å². The van der Waals surface area contributed by atoms with E-state index in [1.54, 1.807) is 19.3 Å². The molecule has 0 N–H and O–H groups in total. The van der Waals surface area contributed by atoms with E-state index >= 15 is 0 Å².